The van der Waals surface area contributed by atoms with Gasteiger partial charge in [0, 0.05) is 31.0 Å². The van der Waals surface area contributed by atoms with Crippen LogP contribution in [0.1, 0.15) is 75.2 Å². The Morgan fingerprint density at radius 2 is 1.67 bits per heavy atom. The predicted octanol–water partition coefficient (Wildman–Crippen LogP) is 6.02. The van der Waals surface area contributed by atoms with E-state index in [0.29, 0.717) is 26.4 Å². The van der Waals surface area contributed by atoms with Gasteiger partial charge >= 0.3 is 5.97 Å². The molecule has 36 heavy (non-hydrogen) atoms. The molecule has 1 saturated carbocycles. The molecule has 212 valence electrons. The predicted molar refractivity (Wildman–Crippen MR) is 144 cm³/mol. The number of carbonyl (C=O) groups is 1. The van der Waals surface area contributed by atoms with Gasteiger partial charge in [-0.15, -0.1) is 0 Å². The van der Waals surface area contributed by atoms with Crippen LogP contribution in [0.15, 0.2) is 0 Å². The molecule has 0 aromatic carbocycles. The highest BCUT2D eigenvalue weighted by molar-refractivity contribution is 6.74. The van der Waals surface area contributed by atoms with E-state index in [1.54, 1.807) is 7.11 Å². The average molecular weight is 531 g/mol. The molecule has 5 atom stereocenters. The molecule has 2 fully saturated rings. The molecule has 0 N–H and O–H groups in total. The third kappa shape index (κ3) is 7.76. The van der Waals surface area contributed by atoms with Gasteiger partial charge in [-0.05, 0) is 71.5 Å². The molecule has 0 amide bonds. The highest BCUT2D eigenvalue weighted by atomic mass is 28.4. The highest BCUT2D eigenvalue weighted by Crippen LogP contribution is 2.53. The molecule has 0 aromatic rings. The fourth-order valence-corrected chi connectivity index (χ4v) is 6.36. The summed E-state index contributed by atoms with van der Waals surface area (Å²) in [5.74, 6) is -0.281. The van der Waals surface area contributed by atoms with Gasteiger partial charge in [-0.3, -0.25) is 4.79 Å². The van der Waals surface area contributed by atoms with Gasteiger partial charge in [0.15, 0.2) is 14.1 Å². The molecule has 0 spiro atoms. The van der Waals surface area contributed by atoms with Crippen molar-refractivity contribution in [2.45, 2.75) is 105 Å². The zero-order valence-electron chi connectivity index (χ0n) is 25.1. The Kier molecular flexibility index (Phi) is 10.3. The maximum absolute atomic E-state index is 12.7. The summed E-state index contributed by atoms with van der Waals surface area (Å²) in [5.41, 5.74) is -0.827. The minimum atomic E-state index is -2.02. The van der Waals surface area contributed by atoms with Crippen LogP contribution >= 0.6 is 0 Å². The minimum Gasteiger partial charge on any atom is -0.465 e. The Bertz CT molecular complexity index is 724. The van der Waals surface area contributed by atoms with Crippen LogP contribution in [-0.2, 0) is 32.9 Å². The standard InChI is InChI=1S/C28H54O7Si/c1-25(2,3)24(29)32-16-21-14-13-20(15-31-19-30-10)23(22-17-33-27(7,8)35-22)28(21,9)18-34-36(11,12)26(4,5)6/h20-23H,13-19H2,1-12H3/t20-,21+,22-,23+,28-/m0/s1. The Morgan fingerprint density at radius 3 is 2.17 bits per heavy atom. The summed E-state index contributed by atoms with van der Waals surface area (Å²) in [4.78, 5) is 12.7. The maximum atomic E-state index is 12.7. The van der Waals surface area contributed by atoms with Crippen molar-refractivity contribution in [3.8, 4) is 0 Å². The largest absolute Gasteiger partial charge is 0.465 e. The highest BCUT2D eigenvalue weighted by Gasteiger charge is 2.56. The molecule has 0 unspecified atom stereocenters. The monoisotopic (exact) mass is 530 g/mol. The van der Waals surface area contributed by atoms with Gasteiger partial charge in [-0.25, -0.2) is 0 Å². The van der Waals surface area contributed by atoms with Crippen molar-refractivity contribution < 1.29 is 32.9 Å². The van der Waals surface area contributed by atoms with Gasteiger partial charge < -0.3 is 28.1 Å². The Labute approximate surface area is 221 Å². The summed E-state index contributed by atoms with van der Waals surface area (Å²) in [6.45, 7) is 25.7. The molecule has 8 heteroatoms. The first kappa shape index (κ1) is 31.7. The second-order valence-corrected chi connectivity index (χ2v) is 18.9. The SMILES string of the molecule is COCOC[C@@H]1CC[C@H](COC(=O)C(C)(C)C)[C@](C)(CO[Si](C)(C)C(C)(C)C)[C@H]1[C@@H]1COC(C)(C)O1. The first-order valence-corrected chi connectivity index (χ1v) is 16.4. The molecule has 1 heterocycles. The van der Waals surface area contributed by atoms with E-state index in [2.05, 4.69) is 40.8 Å². The van der Waals surface area contributed by atoms with E-state index in [9.17, 15) is 4.79 Å². The van der Waals surface area contributed by atoms with Gasteiger partial charge in [-0.2, -0.15) is 0 Å². The lowest BCUT2D eigenvalue weighted by Gasteiger charge is -2.54. The van der Waals surface area contributed by atoms with Gasteiger partial charge in [0.05, 0.1) is 31.3 Å². The number of carbonyl (C=O) groups excluding carboxylic acids is 1. The first-order valence-electron chi connectivity index (χ1n) is 13.5. The summed E-state index contributed by atoms with van der Waals surface area (Å²) < 4.78 is 36.4. The van der Waals surface area contributed by atoms with Crippen LogP contribution in [0.25, 0.3) is 0 Å². The van der Waals surface area contributed by atoms with Crippen LogP contribution in [0.2, 0.25) is 18.1 Å². The summed E-state index contributed by atoms with van der Waals surface area (Å²) in [6.07, 6.45) is 1.80. The van der Waals surface area contributed by atoms with E-state index in [1.165, 1.54) is 0 Å². The lowest BCUT2D eigenvalue weighted by atomic mass is 9.56. The minimum absolute atomic E-state index is 0.0923. The van der Waals surface area contributed by atoms with Crippen LogP contribution in [0, 0.1) is 28.6 Å². The van der Waals surface area contributed by atoms with E-state index < -0.39 is 19.5 Å². The lowest BCUT2D eigenvalue weighted by Crippen LogP contribution is -2.56. The van der Waals surface area contributed by atoms with Crippen molar-refractivity contribution in [1.82, 2.24) is 0 Å². The summed E-state index contributed by atoms with van der Waals surface area (Å²) >= 11 is 0. The third-order valence-corrected chi connectivity index (χ3v) is 13.1. The maximum Gasteiger partial charge on any atom is 0.311 e. The van der Waals surface area contributed by atoms with Crippen molar-refractivity contribution >= 4 is 14.3 Å². The Balaban J connectivity index is 2.42. The number of ether oxygens (including phenoxy) is 5. The summed E-state index contributed by atoms with van der Waals surface area (Å²) in [7, 11) is -0.377. The van der Waals surface area contributed by atoms with E-state index in [0.717, 1.165) is 12.8 Å². The van der Waals surface area contributed by atoms with Crippen LogP contribution in [0.5, 0.6) is 0 Å². The topological polar surface area (TPSA) is 72.5 Å². The van der Waals surface area contributed by atoms with Crippen LogP contribution in [0.4, 0.5) is 0 Å². The number of hydrogen-bond acceptors (Lipinski definition) is 7. The van der Waals surface area contributed by atoms with Crippen LogP contribution < -0.4 is 0 Å². The number of methoxy groups -OCH3 is 1. The molecule has 7 nitrogen and oxygen atoms in total. The molecule has 0 bridgehead atoms. The fourth-order valence-electron chi connectivity index (χ4n) is 5.26. The van der Waals surface area contributed by atoms with E-state index in [-0.39, 0.29) is 47.1 Å². The van der Waals surface area contributed by atoms with E-state index in [4.69, 9.17) is 28.1 Å². The van der Waals surface area contributed by atoms with Crippen molar-refractivity contribution in [1.29, 1.82) is 0 Å². The molecule has 1 saturated heterocycles. The molecule has 0 radical (unpaired) electrons. The second-order valence-electron chi connectivity index (χ2n) is 14.1. The Morgan fingerprint density at radius 1 is 1.03 bits per heavy atom. The number of esters is 1. The number of hydrogen-bond donors (Lipinski definition) is 0. The smallest absolute Gasteiger partial charge is 0.311 e. The molecule has 0 aromatic heterocycles. The van der Waals surface area contributed by atoms with Crippen molar-refractivity contribution in [2.24, 2.45) is 28.6 Å². The summed E-state index contributed by atoms with van der Waals surface area (Å²) in [6, 6.07) is 0. The molecular weight excluding hydrogens is 476 g/mol. The summed E-state index contributed by atoms with van der Waals surface area (Å²) in [5, 5.41) is 0.0949. The number of rotatable bonds is 10. The lowest BCUT2D eigenvalue weighted by molar-refractivity contribution is -0.183. The van der Waals surface area contributed by atoms with Gasteiger partial charge in [0.1, 0.15) is 6.79 Å². The average Bonchev–Trinajstić information content (AvgIpc) is 3.09. The van der Waals surface area contributed by atoms with Crippen molar-refractivity contribution in [2.75, 3.05) is 40.3 Å². The third-order valence-electron chi connectivity index (χ3n) is 8.63. The normalized spacial score (nSPS) is 31.4. The van der Waals surface area contributed by atoms with E-state index in [1.807, 2.05) is 34.6 Å². The van der Waals surface area contributed by atoms with E-state index >= 15 is 0 Å². The second kappa shape index (κ2) is 11.7. The van der Waals surface area contributed by atoms with Crippen LogP contribution in [-0.4, -0.2) is 66.5 Å². The first-order chi connectivity index (χ1) is 16.3. The zero-order chi connectivity index (χ0) is 27.6. The van der Waals surface area contributed by atoms with Crippen molar-refractivity contribution in [3.05, 3.63) is 0 Å². The molecular formula is C28H54O7Si. The molecule has 2 rings (SSSR count). The quantitative estimate of drug-likeness (QED) is 0.148. The Hall–Kier alpha value is -0.513. The van der Waals surface area contributed by atoms with Crippen LogP contribution in [0.3, 0.4) is 0 Å². The fraction of sp³-hybridized carbons (Fsp3) is 0.964. The van der Waals surface area contributed by atoms with Crippen molar-refractivity contribution in [3.63, 3.8) is 0 Å². The zero-order valence-corrected chi connectivity index (χ0v) is 26.1. The van der Waals surface area contributed by atoms with Gasteiger partial charge in [0.2, 0.25) is 0 Å². The molecule has 1 aliphatic carbocycles. The van der Waals surface area contributed by atoms with Gasteiger partial charge in [-0.1, -0.05) is 27.7 Å². The molecule has 1 aliphatic heterocycles. The van der Waals surface area contributed by atoms with Gasteiger partial charge in [0.25, 0.3) is 0 Å². The molecule has 2 aliphatic rings.